The third-order valence-electron chi connectivity index (χ3n) is 4.99. The van der Waals surface area contributed by atoms with Gasteiger partial charge in [-0.2, -0.15) is 5.10 Å². The van der Waals surface area contributed by atoms with Crippen LogP contribution in [0.1, 0.15) is 35.6 Å². The van der Waals surface area contributed by atoms with Crippen LogP contribution in [0.2, 0.25) is 0 Å². The van der Waals surface area contributed by atoms with Crippen LogP contribution in [0.3, 0.4) is 0 Å². The molecule has 1 aromatic heterocycles. The molecule has 0 radical (unpaired) electrons. The van der Waals surface area contributed by atoms with Crippen molar-refractivity contribution >= 4 is 11.9 Å². The topological polar surface area (TPSA) is 87.5 Å². The van der Waals surface area contributed by atoms with Gasteiger partial charge in [0.15, 0.2) is 0 Å². The molecule has 3 rings (SSSR count). The minimum absolute atomic E-state index is 0.0234. The van der Waals surface area contributed by atoms with E-state index in [-0.39, 0.29) is 18.4 Å². The van der Waals surface area contributed by atoms with Gasteiger partial charge in [-0.1, -0.05) is 24.3 Å². The van der Waals surface area contributed by atoms with E-state index in [1.807, 2.05) is 37.3 Å². The van der Waals surface area contributed by atoms with Crippen molar-refractivity contribution in [1.82, 2.24) is 20.0 Å². The average molecular weight is 370 g/mol. The Balaban J connectivity index is 1.50. The fourth-order valence-electron chi connectivity index (χ4n) is 3.52. The molecule has 1 aliphatic rings. The largest absolute Gasteiger partial charge is 0.480 e. The third-order valence-corrected chi connectivity index (χ3v) is 4.99. The summed E-state index contributed by atoms with van der Waals surface area (Å²) in [7, 11) is 0. The molecule has 144 valence electrons. The van der Waals surface area contributed by atoms with Gasteiger partial charge in [-0.3, -0.25) is 19.2 Å². The lowest BCUT2D eigenvalue weighted by molar-refractivity contribution is -0.137. The molecule has 1 saturated heterocycles. The number of carbonyl (C=O) groups excluding carboxylic acids is 1. The maximum atomic E-state index is 12.3. The predicted molar refractivity (Wildman–Crippen MR) is 101 cm³/mol. The standard InChI is InChI=1S/C20H26N4O3/c1-15-5-2-3-6-16(15)11-21-19(25)13-23-9-4-7-17(12-23)18-8-10-24(22-18)14-20(26)27/h2-3,5-6,8,10,17H,4,7,9,11-14H2,1H3,(H,21,25)(H,26,27)/t17-/m1/s1. The second-order valence-electron chi connectivity index (χ2n) is 7.11. The van der Waals surface area contributed by atoms with E-state index in [1.54, 1.807) is 6.20 Å². The normalized spacial score (nSPS) is 17.6. The van der Waals surface area contributed by atoms with E-state index in [4.69, 9.17) is 5.11 Å². The molecule has 1 amide bonds. The summed E-state index contributed by atoms with van der Waals surface area (Å²) in [6.45, 7) is 4.49. The Morgan fingerprint density at radius 3 is 2.85 bits per heavy atom. The van der Waals surface area contributed by atoms with Gasteiger partial charge in [-0.05, 0) is 43.5 Å². The Morgan fingerprint density at radius 1 is 1.26 bits per heavy atom. The summed E-state index contributed by atoms with van der Waals surface area (Å²) < 4.78 is 1.45. The van der Waals surface area contributed by atoms with Crippen molar-refractivity contribution in [3.63, 3.8) is 0 Å². The molecule has 7 nitrogen and oxygen atoms in total. The number of likely N-dealkylation sites (tertiary alicyclic amines) is 1. The van der Waals surface area contributed by atoms with Gasteiger partial charge in [-0.25, -0.2) is 0 Å². The van der Waals surface area contributed by atoms with E-state index in [1.165, 1.54) is 10.2 Å². The van der Waals surface area contributed by atoms with E-state index in [0.29, 0.717) is 13.1 Å². The van der Waals surface area contributed by atoms with E-state index in [2.05, 4.69) is 15.3 Å². The molecule has 2 N–H and O–H groups in total. The van der Waals surface area contributed by atoms with Gasteiger partial charge in [0.25, 0.3) is 0 Å². The fraction of sp³-hybridized carbons (Fsp3) is 0.450. The first-order chi connectivity index (χ1) is 13.0. The summed E-state index contributed by atoms with van der Waals surface area (Å²) in [5, 5.41) is 16.2. The summed E-state index contributed by atoms with van der Waals surface area (Å²) in [6.07, 6.45) is 3.71. The number of carbonyl (C=O) groups is 2. The van der Waals surface area contributed by atoms with Crippen molar-refractivity contribution in [1.29, 1.82) is 0 Å². The highest BCUT2D eigenvalue weighted by Gasteiger charge is 2.24. The minimum atomic E-state index is -0.903. The molecule has 0 saturated carbocycles. The molecule has 0 spiro atoms. The highest BCUT2D eigenvalue weighted by Crippen LogP contribution is 2.25. The van der Waals surface area contributed by atoms with Crippen LogP contribution in [-0.2, 0) is 22.7 Å². The van der Waals surface area contributed by atoms with Crippen LogP contribution in [0.4, 0.5) is 0 Å². The lowest BCUT2D eigenvalue weighted by Crippen LogP contribution is -2.42. The van der Waals surface area contributed by atoms with Crippen molar-refractivity contribution in [2.24, 2.45) is 0 Å². The number of aryl methyl sites for hydroxylation is 1. The van der Waals surface area contributed by atoms with Crippen molar-refractivity contribution in [3.05, 3.63) is 53.3 Å². The van der Waals surface area contributed by atoms with Crippen LogP contribution in [0.5, 0.6) is 0 Å². The molecule has 2 aromatic rings. The Bertz CT molecular complexity index is 802. The molecule has 1 aromatic carbocycles. The summed E-state index contributed by atoms with van der Waals surface area (Å²) in [4.78, 5) is 25.3. The van der Waals surface area contributed by atoms with Gasteiger partial charge < -0.3 is 10.4 Å². The first-order valence-corrected chi connectivity index (χ1v) is 9.30. The molecular formula is C20H26N4O3. The van der Waals surface area contributed by atoms with Gasteiger partial charge in [-0.15, -0.1) is 0 Å². The number of amides is 1. The Kier molecular flexibility index (Phi) is 6.24. The zero-order valence-electron chi connectivity index (χ0n) is 15.6. The second kappa shape index (κ2) is 8.81. The molecule has 0 unspecified atom stereocenters. The Morgan fingerprint density at radius 2 is 2.07 bits per heavy atom. The number of hydrogen-bond acceptors (Lipinski definition) is 4. The number of nitrogens with one attached hydrogen (secondary N) is 1. The maximum absolute atomic E-state index is 12.3. The second-order valence-corrected chi connectivity index (χ2v) is 7.11. The van der Waals surface area contributed by atoms with Gasteiger partial charge in [0.05, 0.1) is 12.2 Å². The number of hydrogen-bond donors (Lipinski definition) is 2. The summed E-state index contributed by atoms with van der Waals surface area (Å²) in [5.41, 5.74) is 3.21. The minimum Gasteiger partial charge on any atom is -0.480 e. The number of nitrogens with zero attached hydrogens (tertiary/aromatic N) is 3. The molecule has 27 heavy (non-hydrogen) atoms. The Hall–Kier alpha value is -2.67. The summed E-state index contributed by atoms with van der Waals surface area (Å²) in [6, 6.07) is 9.93. The first kappa shape index (κ1) is 19.1. The number of carboxylic acids is 1. The molecule has 0 bridgehead atoms. The predicted octanol–water partition coefficient (Wildman–Crippen LogP) is 1.77. The highest BCUT2D eigenvalue weighted by molar-refractivity contribution is 5.78. The molecule has 2 heterocycles. The number of carboxylic acid groups (broad SMARTS) is 1. The summed E-state index contributed by atoms with van der Waals surface area (Å²) >= 11 is 0. The van der Waals surface area contributed by atoms with E-state index >= 15 is 0 Å². The van der Waals surface area contributed by atoms with Crippen LogP contribution >= 0.6 is 0 Å². The van der Waals surface area contributed by atoms with Gasteiger partial charge in [0, 0.05) is 25.2 Å². The number of rotatable bonds is 7. The third kappa shape index (κ3) is 5.40. The number of piperidine rings is 1. The smallest absolute Gasteiger partial charge is 0.325 e. The van der Waals surface area contributed by atoms with E-state index < -0.39 is 5.97 Å². The van der Waals surface area contributed by atoms with Crippen LogP contribution in [0.25, 0.3) is 0 Å². The SMILES string of the molecule is Cc1ccccc1CNC(=O)CN1CCC[C@@H](c2ccn(CC(=O)O)n2)C1. The number of benzene rings is 1. The molecule has 0 aliphatic carbocycles. The maximum Gasteiger partial charge on any atom is 0.325 e. The molecule has 7 heteroatoms. The lowest BCUT2D eigenvalue weighted by atomic mass is 9.95. The van der Waals surface area contributed by atoms with Gasteiger partial charge in [0.2, 0.25) is 5.91 Å². The molecular weight excluding hydrogens is 344 g/mol. The van der Waals surface area contributed by atoms with Crippen molar-refractivity contribution in [3.8, 4) is 0 Å². The van der Waals surface area contributed by atoms with Gasteiger partial charge >= 0.3 is 5.97 Å². The van der Waals surface area contributed by atoms with Crippen molar-refractivity contribution in [2.45, 2.75) is 38.8 Å². The van der Waals surface area contributed by atoms with Crippen LogP contribution in [-0.4, -0.2) is 51.3 Å². The van der Waals surface area contributed by atoms with Crippen LogP contribution in [0, 0.1) is 6.92 Å². The van der Waals surface area contributed by atoms with Crippen molar-refractivity contribution in [2.75, 3.05) is 19.6 Å². The number of aliphatic carboxylic acids is 1. The quantitative estimate of drug-likeness (QED) is 0.776. The zero-order valence-corrected chi connectivity index (χ0v) is 15.6. The first-order valence-electron chi connectivity index (χ1n) is 9.30. The van der Waals surface area contributed by atoms with Gasteiger partial charge in [0.1, 0.15) is 6.54 Å². The average Bonchev–Trinajstić information content (AvgIpc) is 3.09. The van der Waals surface area contributed by atoms with E-state index in [9.17, 15) is 9.59 Å². The fourth-order valence-corrected chi connectivity index (χ4v) is 3.52. The van der Waals surface area contributed by atoms with E-state index in [0.717, 1.165) is 37.2 Å². The number of aromatic nitrogens is 2. The van der Waals surface area contributed by atoms with Crippen LogP contribution in [0.15, 0.2) is 36.5 Å². The highest BCUT2D eigenvalue weighted by atomic mass is 16.4. The monoisotopic (exact) mass is 370 g/mol. The Labute approximate surface area is 159 Å². The molecule has 1 aliphatic heterocycles. The zero-order chi connectivity index (χ0) is 19.2. The molecule has 1 atom stereocenters. The van der Waals surface area contributed by atoms with Crippen LogP contribution < -0.4 is 5.32 Å². The lowest BCUT2D eigenvalue weighted by Gasteiger charge is -2.31. The molecule has 1 fully saturated rings. The summed E-state index contributed by atoms with van der Waals surface area (Å²) in [5.74, 6) is -0.645. The van der Waals surface area contributed by atoms with Crippen molar-refractivity contribution < 1.29 is 14.7 Å².